The highest BCUT2D eigenvalue weighted by atomic mass is 16.3. The van der Waals surface area contributed by atoms with E-state index in [1.165, 1.54) is 87.7 Å². The predicted molar refractivity (Wildman–Crippen MR) is 291 cm³/mol. The Morgan fingerprint density at radius 1 is 0.333 bits per heavy atom. The van der Waals surface area contributed by atoms with E-state index in [-0.39, 0.29) is 0 Å². The molecule has 14 aromatic rings. The quantitative estimate of drug-likeness (QED) is 0.149. The van der Waals surface area contributed by atoms with Crippen LogP contribution in [0.3, 0.4) is 0 Å². The van der Waals surface area contributed by atoms with Gasteiger partial charge in [0, 0.05) is 39.3 Å². The Morgan fingerprint density at radius 2 is 0.899 bits per heavy atom. The van der Waals surface area contributed by atoms with Gasteiger partial charge in [0.2, 0.25) is 0 Å². The van der Waals surface area contributed by atoms with Crippen LogP contribution in [0, 0.1) is 0 Å². The highest BCUT2D eigenvalue weighted by molar-refractivity contribution is 6.30. The van der Waals surface area contributed by atoms with Crippen LogP contribution in [-0.4, -0.2) is 4.40 Å². The molecule has 3 heterocycles. The van der Waals surface area contributed by atoms with Crippen molar-refractivity contribution in [3.63, 3.8) is 0 Å². The number of anilines is 3. The third-order valence-electron chi connectivity index (χ3n) is 14.2. The number of hydrogen-bond acceptors (Lipinski definition) is 2. The van der Waals surface area contributed by atoms with Crippen molar-refractivity contribution in [1.29, 1.82) is 0 Å². The minimum absolute atomic E-state index is 0.866. The average molecular weight is 879 g/mol. The van der Waals surface area contributed by atoms with Crippen molar-refractivity contribution in [2.45, 2.75) is 0 Å². The maximum Gasteiger partial charge on any atom is 0.137 e. The molecule has 0 atom stereocenters. The second-order valence-corrected chi connectivity index (χ2v) is 18.0. The summed E-state index contributed by atoms with van der Waals surface area (Å²) < 4.78 is 8.81. The molecular weight excluding hydrogens is 837 g/mol. The van der Waals surface area contributed by atoms with Gasteiger partial charge >= 0.3 is 0 Å². The van der Waals surface area contributed by atoms with Gasteiger partial charge in [-0.2, -0.15) is 0 Å². The zero-order valence-electron chi connectivity index (χ0n) is 37.6. The number of benzene rings is 11. The fourth-order valence-corrected chi connectivity index (χ4v) is 11.0. The average Bonchev–Trinajstić information content (AvgIpc) is 3.99. The Hall–Kier alpha value is -9.18. The largest absolute Gasteiger partial charge is 0.456 e. The minimum Gasteiger partial charge on any atom is -0.456 e. The molecule has 11 aromatic carbocycles. The SMILES string of the molecule is c1ccc(-c2c3c4ccccc4c4ccc(-c5ccc(-c6ccc(N(c7ccc(-c8cccc9ccccc89)cc7)c7cccc8oc9ccccc9c78)cc6)cc5)cc4c3n3ccccc23)cc1. The maximum absolute atomic E-state index is 6.42. The maximum atomic E-state index is 6.42. The molecule has 0 unspecified atom stereocenters. The van der Waals surface area contributed by atoms with Gasteiger partial charge < -0.3 is 13.7 Å². The molecule has 0 fully saturated rings. The van der Waals surface area contributed by atoms with Gasteiger partial charge in [-0.05, 0) is 127 Å². The number of para-hydroxylation sites is 1. The van der Waals surface area contributed by atoms with E-state index in [0.717, 1.165) is 44.6 Å². The highest BCUT2D eigenvalue weighted by Crippen LogP contribution is 2.46. The number of aromatic nitrogens is 1. The minimum atomic E-state index is 0.866. The smallest absolute Gasteiger partial charge is 0.137 e. The predicted octanol–water partition coefficient (Wildman–Crippen LogP) is 18.6. The van der Waals surface area contributed by atoms with Crippen molar-refractivity contribution in [2.75, 3.05) is 4.90 Å². The summed E-state index contributed by atoms with van der Waals surface area (Å²) >= 11 is 0. The van der Waals surface area contributed by atoms with Crippen LogP contribution in [0.15, 0.2) is 259 Å². The summed E-state index contributed by atoms with van der Waals surface area (Å²) in [6.45, 7) is 0. The normalized spacial score (nSPS) is 11.8. The molecule has 0 aliphatic rings. The molecule has 0 aliphatic carbocycles. The molecule has 0 saturated carbocycles. The molecule has 0 amide bonds. The van der Waals surface area contributed by atoms with E-state index in [0.29, 0.717) is 0 Å². The first-order chi connectivity index (χ1) is 34.2. The molecule has 0 spiro atoms. The molecule has 69 heavy (non-hydrogen) atoms. The van der Waals surface area contributed by atoms with Gasteiger partial charge in [0.15, 0.2) is 0 Å². The lowest BCUT2D eigenvalue weighted by Crippen LogP contribution is -2.10. The second-order valence-electron chi connectivity index (χ2n) is 18.0. The first-order valence-electron chi connectivity index (χ1n) is 23.7. The third-order valence-corrected chi connectivity index (χ3v) is 14.2. The first kappa shape index (κ1) is 39.0. The Kier molecular flexibility index (Phi) is 8.90. The Balaban J connectivity index is 0.850. The highest BCUT2D eigenvalue weighted by Gasteiger charge is 2.22. The molecule has 3 heteroatoms. The van der Waals surface area contributed by atoms with Gasteiger partial charge in [-0.15, -0.1) is 0 Å². The molecule has 0 N–H and O–H groups in total. The van der Waals surface area contributed by atoms with Crippen LogP contribution in [-0.2, 0) is 0 Å². The van der Waals surface area contributed by atoms with E-state index in [1.807, 2.05) is 6.07 Å². The fourth-order valence-electron chi connectivity index (χ4n) is 11.0. The standard InChI is InChI=1S/C66H42N2O/c1-2-15-48(16-3-1)63-59-23-10-11-41-67(59)66-58-42-49(35-40-55(58)54-19-6-7-20-56(54)65(63)66)45-29-27-43(28-30-45)44-31-36-50(37-32-44)68(60-24-13-26-62-64(60)57-21-8-9-25-61(57)69-62)51-38-33-47(34-39-51)53-22-12-17-46-14-4-5-18-52(46)53/h1-42H. The first-order valence-corrected chi connectivity index (χ1v) is 23.7. The van der Waals surface area contributed by atoms with Gasteiger partial charge in [0.25, 0.3) is 0 Å². The van der Waals surface area contributed by atoms with E-state index in [9.17, 15) is 0 Å². The van der Waals surface area contributed by atoms with Crippen LogP contribution in [0.5, 0.6) is 0 Å². The molecule has 0 aliphatic heterocycles. The van der Waals surface area contributed by atoms with Crippen LogP contribution < -0.4 is 4.90 Å². The molecular formula is C66H42N2O. The van der Waals surface area contributed by atoms with E-state index in [1.54, 1.807) is 0 Å². The zero-order chi connectivity index (χ0) is 45.4. The van der Waals surface area contributed by atoms with Gasteiger partial charge in [0.1, 0.15) is 11.2 Å². The van der Waals surface area contributed by atoms with Crippen molar-refractivity contribution in [2.24, 2.45) is 0 Å². The second kappa shape index (κ2) is 15.7. The van der Waals surface area contributed by atoms with Crippen LogP contribution in [0.1, 0.15) is 0 Å². The molecule has 0 radical (unpaired) electrons. The van der Waals surface area contributed by atoms with Gasteiger partial charge in [0.05, 0.1) is 22.1 Å². The van der Waals surface area contributed by atoms with Crippen molar-refractivity contribution in [3.8, 4) is 44.5 Å². The van der Waals surface area contributed by atoms with Gasteiger partial charge in [-0.3, -0.25) is 0 Å². The Morgan fingerprint density at radius 3 is 1.68 bits per heavy atom. The summed E-state index contributed by atoms with van der Waals surface area (Å²) in [5.74, 6) is 0. The fraction of sp³-hybridized carbons (Fsp3) is 0. The number of nitrogens with zero attached hydrogens (tertiary/aromatic N) is 2. The number of fused-ring (bicyclic) bond motifs is 12. The van der Waals surface area contributed by atoms with E-state index in [2.05, 4.69) is 258 Å². The number of hydrogen-bond donors (Lipinski definition) is 0. The third kappa shape index (κ3) is 6.29. The number of furan rings is 1. The Bertz CT molecular complexity index is 4270. The summed E-state index contributed by atoms with van der Waals surface area (Å²) in [4.78, 5) is 2.36. The van der Waals surface area contributed by atoms with Crippen molar-refractivity contribution < 1.29 is 4.42 Å². The lowest BCUT2D eigenvalue weighted by molar-refractivity contribution is 0.669. The topological polar surface area (TPSA) is 20.8 Å². The molecule has 3 aromatic heterocycles. The summed E-state index contributed by atoms with van der Waals surface area (Å²) in [6, 6.07) is 90.1. The van der Waals surface area contributed by atoms with Crippen LogP contribution >= 0.6 is 0 Å². The van der Waals surface area contributed by atoms with E-state index in [4.69, 9.17) is 4.42 Å². The van der Waals surface area contributed by atoms with E-state index < -0.39 is 0 Å². The van der Waals surface area contributed by atoms with E-state index >= 15 is 0 Å². The monoisotopic (exact) mass is 878 g/mol. The van der Waals surface area contributed by atoms with Crippen LogP contribution in [0.4, 0.5) is 17.1 Å². The molecule has 3 nitrogen and oxygen atoms in total. The molecule has 0 bridgehead atoms. The van der Waals surface area contributed by atoms with Crippen molar-refractivity contribution >= 4 is 87.7 Å². The molecule has 14 rings (SSSR count). The summed E-state index contributed by atoms with van der Waals surface area (Å²) in [7, 11) is 0. The van der Waals surface area contributed by atoms with Crippen LogP contribution in [0.2, 0.25) is 0 Å². The lowest BCUT2D eigenvalue weighted by atomic mass is 9.92. The number of pyridine rings is 1. The molecule has 322 valence electrons. The Labute approximate surface area is 399 Å². The van der Waals surface area contributed by atoms with Crippen molar-refractivity contribution in [3.05, 3.63) is 255 Å². The van der Waals surface area contributed by atoms with Crippen molar-refractivity contribution in [1.82, 2.24) is 4.40 Å². The van der Waals surface area contributed by atoms with Gasteiger partial charge in [-0.1, -0.05) is 188 Å². The van der Waals surface area contributed by atoms with Crippen LogP contribution in [0.25, 0.3) is 115 Å². The molecule has 0 saturated heterocycles. The van der Waals surface area contributed by atoms with Gasteiger partial charge in [-0.25, -0.2) is 0 Å². The summed E-state index contributed by atoms with van der Waals surface area (Å²) in [5, 5.41) is 11.0. The zero-order valence-corrected chi connectivity index (χ0v) is 37.6. The summed E-state index contributed by atoms with van der Waals surface area (Å²) in [6.07, 6.45) is 2.22. The number of rotatable bonds is 7. The summed E-state index contributed by atoms with van der Waals surface area (Å²) in [5.41, 5.74) is 17.0. The lowest BCUT2D eigenvalue weighted by Gasteiger charge is -2.26.